The predicted molar refractivity (Wildman–Crippen MR) is 86.4 cm³/mol. The van der Waals surface area contributed by atoms with Gasteiger partial charge in [-0.25, -0.2) is 9.88 Å². The van der Waals surface area contributed by atoms with E-state index >= 15 is 0 Å². The Hall–Kier alpha value is -2.30. The number of pyridine rings is 1. The zero-order valence-electron chi connectivity index (χ0n) is 14.5. The highest BCUT2D eigenvalue weighted by atomic mass is 16.6. The second-order valence-corrected chi connectivity index (χ2v) is 7.64. The van der Waals surface area contributed by atoms with Gasteiger partial charge in [-0.05, 0) is 38.8 Å². The Labute approximate surface area is 145 Å². The minimum atomic E-state index is -1.05. The molecule has 5 atom stereocenters. The molecule has 0 aromatic carbocycles. The Morgan fingerprint density at radius 1 is 1.28 bits per heavy atom. The van der Waals surface area contributed by atoms with Crippen molar-refractivity contribution in [1.29, 1.82) is 5.26 Å². The summed E-state index contributed by atoms with van der Waals surface area (Å²) in [5.41, 5.74) is 0.111. The fourth-order valence-electron chi connectivity index (χ4n) is 4.79. The molecule has 3 aliphatic rings. The van der Waals surface area contributed by atoms with Gasteiger partial charge in [-0.3, -0.25) is 9.59 Å². The molecule has 25 heavy (non-hydrogen) atoms. The van der Waals surface area contributed by atoms with Gasteiger partial charge in [0.05, 0.1) is 35.4 Å². The molecule has 0 radical (unpaired) electrons. The molecule has 1 N–H and O–H groups in total. The third kappa shape index (κ3) is 1.73. The Kier molecular flexibility index (Phi) is 3.01. The van der Waals surface area contributed by atoms with Gasteiger partial charge in [0.1, 0.15) is 17.4 Å². The van der Waals surface area contributed by atoms with E-state index in [2.05, 4.69) is 4.98 Å². The largest absolute Gasteiger partial charge is 0.390 e. The number of amides is 2. The van der Waals surface area contributed by atoms with Crippen molar-refractivity contribution in [2.45, 2.75) is 51.4 Å². The lowest BCUT2D eigenvalue weighted by Gasteiger charge is -2.31. The monoisotopic (exact) mass is 341 g/mol. The number of hydrogen-bond donors (Lipinski definition) is 1. The zero-order valence-corrected chi connectivity index (χ0v) is 14.5. The molecule has 3 fully saturated rings. The number of nitriles is 1. The number of aliphatic hydroxyl groups excluding tert-OH is 1. The van der Waals surface area contributed by atoms with Crippen LogP contribution in [0, 0.1) is 37.0 Å². The van der Waals surface area contributed by atoms with Crippen LogP contribution in [-0.2, 0) is 14.3 Å². The lowest BCUT2D eigenvalue weighted by atomic mass is 9.67. The van der Waals surface area contributed by atoms with Crippen molar-refractivity contribution in [2.75, 3.05) is 4.90 Å². The standard InChI is InChI=1S/C18H19N3O4/c1-8-9(2)11(7-20-10(8)6-19)21-15(23)13-14(16(21)24)18(4)12(22)5-17(13,3)25-18/h7,12-14,22H,5H2,1-4H3/t12-,13+,14-,17?,18+/m0/s1. The van der Waals surface area contributed by atoms with E-state index in [-0.39, 0.29) is 17.5 Å². The van der Waals surface area contributed by atoms with E-state index in [1.54, 1.807) is 27.7 Å². The minimum Gasteiger partial charge on any atom is -0.390 e. The Morgan fingerprint density at radius 2 is 1.92 bits per heavy atom. The summed E-state index contributed by atoms with van der Waals surface area (Å²) in [5, 5.41) is 19.5. The molecule has 1 aromatic rings. The van der Waals surface area contributed by atoms with Crippen LogP contribution in [0.2, 0.25) is 0 Å². The van der Waals surface area contributed by atoms with Crippen LogP contribution in [0.4, 0.5) is 5.69 Å². The first kappa shape index (κ1) is 16.2. The summed E-state index contributed by atoms with van der Waals surface area (Å²) in [5.74, 6) is -2.00. The summed E-state index contributed by atoms with van der Waals surface area (Å²) in [7, 11) is 0. The van der Waals surface area contributed by atoms with E-state index in [1.165, 1.54) is 11.1 Å². The fraction of sp³-hybridized carbons (Fsp3) is 0.556. The Morgan fingerprint density at radius 3 is 2.56 bits per heavy atom. The van der Waals surface area contributed by atoms with Crippen molar-refractivity contribution in [3.8, 4) is 6.07 Å². The molecular weight excluding hydrogens is 322 g/mol. The van der Waals surface area contributed by atoms with Crippen LogP contribution in [0.1, 0.15) is 37.1 Å². The van der Waals surface area contributed by atoms with Gasteiger partial charge in [-0.15, -0.1) is 0 Å². The van der Waals surface area contributed by atoms with E-state index in [1.807, 2.05) is 6.07 Å². The number of ether oxygens (including phenoxy) is 1. The van der Waals surface area contributed by atoms with Gasteiger partial charge in [-0.2, -0.15) is 5.26 Å². The summed E-state index contributed by atoms with van der Waals surface area (Å²) in [4.78, 5) is 31.5. The molecule has 7 nitrogen and oxygen atoms in total. The van der Waals surface area contributed by atoms with E-state index in [9.17, 15) is 14.7 Å². The van der Waals surface area contributed by atoms with Gasteiger partial charge in [-0.1, -0.05) is 0 Å². The molecular formula is C18H19N3O4. The number of hydrogen-bond acceptors (Lipinski definition) is 6. The summed E-state index contributed by atoms with van der Waals surface area (Å²) in [6, 6.07) is 2.01. The van der Waals surface area contributed by atoms with E-state index in [0.29, 0.717) is 23.2 Å². The average molecular weight is 341 g/mol. The highest BCUT2D eigenvalue weighted by Gasteiger charge is 2.75. The molecule has 0 aliphatic carbocycles. The highest BCUT2D eigenvalue weighted by molar-refractivity contribution is 6.23. The molecule has 4 rings (SSSR count). The van der Waals surface area contributed by atoms with Crippen molar-refractivity contribution < 1.29 is 19.4 Å². The van der Waals surface area contributed by atoms with Crippen LogP contribution in [0.25, 0.3) is 0 Å². The Bertz CT molecular complexity index is 876. The number of rotatable bonds is 1. The maximum Gasteiger partial charge on any atom is 0.240 e. The summed E-state index contributed by atoms with van der Waals surface area (Å²) in [6.45, 7) is 7.01. The SMILES string of the molecule is Cc1c(N2C(=O)[C@@H]3[C@H](C2=O)C2(C)C[C@H](O)[C@@]3(C)O2)cnc(C#N)c1C. The lowest BCUT2D eigenvalue weighted by Crippen LogP contribution is -2.49. The molecule has 1 unspecified atom stereocenters. The Balaban J connectivity index is 1.84. The number of carbonyl (C=O) groups is 2. The molecule has 130 valence electrons. The molecule has 0 saturated carbocycles. The van der Waals surface area contributed by atoms with Crippen LogP contribution < -0.4 is 4.90 Å². The second-order valence-electron chi connectivity index (χ2n) is 7.64. The predicted octanol–water partition coefficient (Wildman–Crippen LogP) is 0.988. The minimum absolute atomic E-state index is 0.276. The van der Waals surface area contributed by atoms with Crippen LogP contribution in [-0.4, -0.2) is 39.2 Å². The van der Waals surface area contributed by atoms with Gasteiger partial charge in [0.2, 0.25) is 11.8 Å². The molecule has 1 aromatic heterocycles. The third-order valence-corrected chi connectivity index (χ3v) is 6.26. The molecule has 3 saturated heterocycles. The summed E-state index contributed by atoms with van der Waals surface area (Å²) < 4.78 is 5.97. The topological polar surface area (TPSA) is 104 Å². The third-order valence-electron chi connectivity index (χ3n) is 6.26. The van der Waals surface area contributed by atoms with Crippen molar-refractivity contribution in [2.24, 2.45) is 11.8 Å². The maximum absolute atomic E-state index is 13.1. The quantitative estimate of drug-likeness (QED) is 0.764. The number of fused-ring (bicyclic) bond motifs is 5. The summed E-state index contributed by atoms with van der Waals surface area (Å²) in [6.07, 6.45) is 0.959. The number of anilines is 1. The normalized spacial score (nSPS) is 39.0. The number of aromatic nitrogens is 1. The van der Waals surface area contributed by atoms with Crippen molar-refractivity contribution >= 4 is 17.5 Å². The van der Waals surface area contributed by atoms with Crippen LogP contribution in [0.5, 0.6) is 0 Å². The molecule has 0 spiro atoms. The molecule has 7 heteroatoms. The van der Waals surface area contributed by atoms with Gasteiger partial charge >= 0.3 is 0 Å². The first-order valence-electron chi connectivity index (χ1n) is 8.28. The smallest absolute Gasteiger partial charge is 0.240 e. The number of carbonyl (C=O) groups excluding carboxylic acids is 2. The van der Waals surface area contributed by atoms with Gasteiger partial charge in [0.15, 0.2) is 0 Å². The molecule has 2 bridgehead atoms. The van der Waals surface area contributed by atoms with Crippen molar-refractivity contribution in [1.82, 2.24) is 4.98 Å². The zero-order chi connectivity index (χ0) is 18.3. The second kappa shape index (κ2) is 4.65. The van der Waals surface area contributed by atoms with Crippen LogP contribution in [0.3, 0.4) is 0 Å². The first-order valence-corrected chi connectivity index (χ1v) is 8.28. The number of imide groups is 1. The molecule has 3 aliphatic heterocycles. The van der Waals surface area contributed by atoms with E-state index < -0.39 is 29.1 Å². The number of nitrogens with zero attached hydrogens (tertiary/aromatic N) is 3. The summed E-state index contributed by atoms with van der Waals surface area (Å²) >= 11 is 0. The van der Waals surface area contributed by atoms with Gasteiger partial charge < -0.3 is 9.84 Å². The van der Waals surface area contributed by atoms with Crippen molar-refractivity contribution in [3.05, 3.63) is 23.0 Å². The maximum atomic E-state index is 13.1. The van der Waals surface area contributed by atoms with Crippen molar-refractivity contribution in [3.63, 3.8) is 0 Å². The van der Waals surface area contributed by atoms with Gasteiger partial charge in [0.25, 0.3) is 0 Å². The highest BCUT2D eigenvalue weighted by Crippen LogP contribution is 2.61. The van der Waals surface area contributed by atoms with E-state index in [4.69, 9.17) is 10.00 Å². The number of aliphatic hydroxyl groups is 1. The fourth-order valence-corrected chi connectivity index (χ4v) is 4.79. The van der Waals surface area contributed by atoms with E-state index in [0.717, 1.165) is 0 Å². The first-order chi connectivity index (χ1) is 11.7. The van der Waals surface area contributed by atoms with Gasteiger partial charge in [0, 0.05) is 6.42 Å². The van der Waals surface area contributed by atoms with Crippen LogP contribution in [0.15, 0.2) is 6.20 Å². The average Bonchev–Trinajstić information content (AvgIpc) is 3.05. The molecule has 4 heterocycles. The lowest BCUT2D eigenvalue weighted by molar-refractivity contribution is -0.132. The molecule has 2 amide bonds. The van der Waals surface area contributed by atoms with Crippen LogP contribution >= 0.6 is 0 Å².